The van der Waals surface area contributed by atoms with Crippen LogP contribution in [0.15, 0.2) is 54.9 Å². The summed E-state index contributed by atoms with van der Waals surface area (Å²) in [6.07, 6.45) is 3.24. The summed E-state index contributed by atoms with van der Waals surface area (Å²) in [4.78, 5) is 30.6. The number of carbonyl (C=O) groups excluding carboxylic acids is 1. The summed E-state index contributed by atoms with van der Waals surface area (Å²) in [7, 11) is 2.07. The molecule has 0 aliphatic carbocycles. The highest BCUT2D eigenvalue weighted by Crippen LogP contribution is 2.24. The van der Waals surface area contributed by atoms with Gasteiger partial charge in [0.05, 0.1) is 12.2 Å². The highest BCUT2D eigenvalue weighted by Gasteiger charge is 2.23. The van der Waals surface area contributed by atoms with Crippen molar-refractivity contribution in [2.45, 2.75) is 6.54 Å². The van der Waals surface area contributed by atoms with E-state index in [1.54, 1.807) is 24.5 Å². The summed E-state index contributed by atoms with van der Waals surface area (Å²) in [5.74, 6) is 0.491. The molecule has 30 heavy (non-hydrogen) atoms. The second kappa shape index (κ2) is 8.96. The van der Waals surface area contributed by atoms with E-state index < -0.39 is 0 Å². The molecule has 0 spiro atoms. The Morgan fingerprint density at radius 3 is 2.53 bits per heavy atom. The van der Waals surface area contributed by atoms with Gasteiger partial charge in [0.2, 0.25) is 0 Å². The van der Waals surface area contributed by atoms with Gasteiger partial charge in [0.15, 0.2) is 5.82 Å². The van der Waals surface area contributed by atoms with Gasteiger partial charge in [0.1, 0.15) is 17.2 Å². The molecule has 0 bridgehead atoms. The van der Waals surface area contributed by atoms with Crippen LogP contribution in [0.5, 0.6) is 0 Å². The number of rotatable bonds is 5. The molecule has 3 aromatic rings. The minimum absolute atomic E-state index is 0.250. The number of benzene rings is 1. The standard InChI is InChI=1S/C22H23FN6O/c1-28-10-12-29(13-11-28)21-19(22(30)26-14-18-4-2-3-9-24-18)15-25-20(27-21)16-5-7-17(23)8-6-16/h2-9,15H,10-14H2,1H3,(H,26,30). The van der Waals surface area contributed by atoms with Crippen LogP contribution in [-0.2, 0) is 6.54 Å². The maximum absolute atomic E-state index is 13.3. The Morgan fingerprint density at radius 1 is 1.07 bits per heavy atom. The number of piperazine rings is 1. The lowest BCUT2D eigenvalue weighted by molar-refractivity contribution is 0.0950. The Labute approximate surface area is 174 Å². The van der Waals surface area contributed by atoms with Gasteiger partial charge in [-0.1, -0.05) is 6.07 Å². The zero-order valence-corrected chi connectivity index (χ0v) is 16.8. The highest BCUT2D eigenvalue weighted by atomic mass is 19.1. The molecule has 1 aliphatic heterocycles. The number of amides is 1. The van der Waals surface area contributed by atoms with E-state index in [-0.39, 0.29) is 11.7 Å². The molecule has 1 aromatic carbocycles. The van der Waals surface area contributed by atoms with Crippen LogP contribution in [0.25, 0.3) is 11.4 Å². The molecule has 1 N–H and O–H groups in total. The number of aromatic nitrogens is 3. The van der Waals surface area contributed by atoms with Crippen LogP contribution in [0, 0.1) is 5.82 Å². The fourth-order valence-corrected chi connectivity index (χ4v) is 3.30. The van der Waals surface area contributed by atoms with E-state index in [0.717, 1.165) is 31.9 Å². The van der Waals surface area contributed by atoms with Gasteiger partial charge >= 0.3 is 0 Å². The van der Waals surface area contributed by atoms with Crippen LogP contribution in [0.1, 0.15) is 16.1 Å². The first-order chi connectivity index (χ1) is 14.6. The molecule has 7 nitrogen and oxygen atoms in total. The summed E-state index contributed by atoms with van der Waals surface area (Å²) in [5, 5.41) is 2.90. The van der Waals surface area contributed by atoms with Crippen molar-refractivity contribution in [1.29, 1.82) is 0 Å². The average molecular weight is 406 g/mol. The van der Waals surface area contributed by atoms with Crippen LogP contribution >= 0.6 is 0 Å². The summed E-state index contributed by atoms with van der Waals surface area (Å²) >= 11 is 0. The van der Waals surface area contributed by atoms with Crippen molar-refractivity contribution >= 4 is 11.7 Å². The van der Waals surface area contributed by atoms with Crippen LogP contribution in [0.2, 0.25) is 0 Å². The van der Waals surface area contributed by atoms with E-state index in [9.17, 15) is 9.18 Å². The maximum Gasteiger partial charge on any atom is 0.256 e. The number of hydrogen-bond donors (Lipinski definition) is 1. The molecule has 0 unspecified atom stereocenters. The van der Waals surface area contributed by atoms with E-state index in [1.165, 1.54) is 12.1 Å². The van der Waals surface area contributed by atoms with Crippen LogP contribution in [-0.4, -0.2) is 59.0 Å². The third-order valence-corrected chi connectivity index (χ3v) is 5.07. The monoisotopic (exact) mass is 406 g/mol. The molecule has 1 saturated heterocycles. The van der Waals surface area contributed by atoms with Gasteiger partial charge in [-0.15, -0.1) is 0 Å². The summed E-state index contributed by atoms with van der Waals surface area (Å²) in [6.45, 7) is 3.60. The van der Waals surface area contributed by atoms with Crippen LogP contribution in [0.4, 0.5) is 10.2 Å². The molecular formula is C22H23FN6O. The average Bonchev–Trinajstić information content (AvgIpc) is 2.79. The van der Waals surface area contributed by atoms with E-state index in [4.69, 9.17) is 4.98 Å². The zero-order chi connectivity index (χ0) is 20.9. The minimum atomic E-state index is -0.316. The van der Waals surface area contributed by atoms with Gasteiger partial charge in [-0.3, -0.25) is 9.78 Å². The SMILES string of the molecule is CN1CCN(c2nc(-c3ccc(F)cc3)ncc2C(=O)NCc2ccccn2)CC1. The van der Waals surface area contributed by atoms with Crippen molar-refractivity contribution < 1.29 is 9.18 Å². The van der Waals surface area contributed by atoms with Crippen LogP contribution < -0.4 is 10.2 Å². The van der Waals surface area contributed by atoms with Crippen molar-refractivity contribution in [2.24, 2.45) is 0 Å². The summed E-state index contributed by atoms with van der Waals surface area (Å²) in [6, 6.07) is 11.6. The lowest BCUT2D eigenvalue weighted by Crippen LogP contribution is -2.45. The number of pyridine rings is 1. The molecule has 1 aliphatic rings. The van der Waals surface area contributed by atoms with Gasteiger partial charge in [-0.2, -0.15) is 0 Å². The second-order valence-corrected chi connectivity index (χ2v) is 7.23. The molecule has 3 heterocycles. The van der Waals surface area contributed by atoms with Gasteiger partial charge in [-0.25, -0.2) is 14.4 Å². The summed E-state index contributed by atoms with van der Waals surface area (Å²) in [5.41, 5.74) is 1.89. The van der Waals surface area contributed by atoms with E-state index in [1.807, 2.05) is 18.2 Å². The quantitative estimate of drug-likeness (QED) is 0.701. The predicted octanol–water partition coefficient (Wildman–Crippen LogP) is 2.36. The molecule has 154 valence electrons. The molecule has 1 fully saturated rings. The first-order valence-corrected chi connectivity index (χ1v) is 9.85. The number of halogens is 1. The van der Waals surface area contributed by atoms with Crippen molar-refractivity contribution in [3.05, 3.63) is 71.9 Å². The van der Waals surface area contributed by atoms with Crippen molar-refractivity contribution in [1.82, 2.24) is 25.2 Å². The molecule has 0 radical (unpaired) electrons. The molecular weight excluding hydrogens is 383 g/mol. The molecule has 1 amide bonds. The first-order valence-electron chi connectivity index (χ1n) is 9.85. The minimum Gasteiger partial charge on any atom is -0.353 e. The molecule has 8 heteroatoms. The number of anilines is 1. The Hall–Kier alpha value is -3.39. The first kappa shape index (κ1) is 19.9. The molecule has 0 saturated carbocycles. The van der Waals surface area contributed by atoms with Crippen molar-refractivity contribution in [2.75, 3.05) is 38.1 Å². The lowest BCUT2D eigenvalue weighted by Gasteiger charge is -2.34. The van der Waals surface area contributed by atoms with E-state index in [2.05, 4.69) is 32.1 Å². The normalized spacial score (nSPS) is 14.5. The van der Waals surface area contributed by atoms with E-state index in [0.29, 0.717) is 29.3 Å². The van der Waals surface area contributed by atoms with Crippen molar-refractivity contribution in [3.63, 3.8) is 0 Å². The Kier molecular flexibility index (Phi) is 5.94. The van der Waals surface area contributed by atoms with Gasteiger partial charge in [0.25, 0.3) is 5.91 Å². The molecule has 4 rings (SSSR count). The number of hydrogen-bond acceptors (Lipinski definition) is 6. The topological polar surface area (TPSA) is 74.2 Å². The number of carbonyl (C=O) groups is 1. The largest absolute Gasteiger partial charge is 0.353 e. The van der Waals surface area contributed by atoms with Gasteiger partial charge in [-0.05, 0) is 43.4 Å². The number of nitrogens with one attached hydrogen (secondary N) is 1. The zero-order valence-electron chi connectivity index (χ0n) is 16.8. The van der Waals surface area contributed by atoms with Gasteiger partial charge in [0, 0.05) is 44.1 Å². The fraction of sp³-hybridized carbons (Fsp3) is 0.273. The number of nitrogens with zero attached hydrogens (tertiary/aromatic N) is 5. The maximum atomic E-state index is 13.3. The third kappa shape index (κ3) is 4.60. The highest BCUT2D eigenvalue weighted by molar-refractivity contribution is 5.98. The lowest BCUT2D eigenvalue weighted by atomic mass is 10.2. The van der Waals surface area contributed by atoms with Crippen LogP contribution in [0.3, 0.4) is 0 Å². The van der Waals surface area contributed by atoms with Gasteiger partial charge < -0.3 is 15.1 Å². The Morgan fingerprint density at radius 2 is 1.83 bits per heavy atom. The second-order valence-electron chi connectivity index (χ2n) is 7.23. The predicted molar refractivity (Wildman–Crippen MR) is 113 cm³/mol. The molecule has 0 atom stereocenters. The summed E-state index contributed by atoms with van der Waals surface area (Å²) < 4.78 is 13.3. The smallest absolute Gasteiger partial charge is 0.256 e. The van der Waals surface area contributed by atoms with E-state index >= 15 is 0 Å². The number of likely N-dealkylation sites (N-methyl/N-ethyl adjacent to an activating group) is 1. The fourth-order valence-electron chi connectivity index (χ4n) is 3.30. The van der Waals surface area contributed by atoms with Crippen molar-refractivity contribution in [3.8, 4) is 11.4 Å². The Bertz CT molecular complexity index is 1000. The third-order valence-electron chi connectivity index (χ3n) is 5.07. The Balaban J connectivity index is 1.62. The molecule has 2 aromatic heterocycles.